The summed E-state index contributed by atoms with van der Waals surface area (Å²) in [7, 11) is 0. The number of rotatable bonds is 8. The number of hydrogen-bond donors (Lipinski definition) is 1. The number of para-hydroxylation sites is 2. The van der Waals surface area contributed by atoms with Crippen molar-refractivity contribution in [2.45, 2.75) is 19.4 Å². The van der Waals surface area contributed by atoms with Crippen LogP contribution in [0.3, 0.4) is 0 Å². The van der Waals surface area contributed by atoms with Crippen LogP contribution in [0, 0.1) is 0 Å². The molecule has 0 atom stereocenters. The van der Waals surface area contributed by atoms with Crippen LogP contribution in [-0.4, -0.2) is 6.61 Å². The summed E-state index contributed by atoms with van der Waals surface area (Å²) in [5.74, 6) is 0.893. The maximum absolute atomic E-state index is 5.98. The topological polar surface area (TPSA) is 21.3 Å². The lowest BCUT2D eigenvalue weighted by atomic mass is 10.1. The van der Waals surface area contributed by atoms with Crippen molar-refractivity contribution in [3.63, 3.8) is 0 Å². The standard InChI is InChI=1S/C22H22ClNO/c23-20-14-12-19(13-15-20)17-24-21-10-4-5-11-22(21)25-16-6-9-18-7-2-1-3-8-18/h1-5,7-8,10-15,24H,6,9,16-17H2. The molecule has 0 heterocycles. The molecule has 2 nitrogen and oxygen atoms in total. The zero-order valence-electron chi connectivity index (χ0n) is 14.1. The van der Waals surface area contributed by atoms with Crippen molar-refractivity contribution in [1.82, 2.24) is 0 Å². The van der Waals surface area contributed by atoms with Gasteiger partial charge in [-0.15, -0.1) is 0 Å². The molecule has 3 aromatic carbocycles. The van der Waals surface area contributed by atoms with Gasteiger partial charge in [0.1, 0.15) is 5.75 Å². The van der Waals surface area contributed by atoms with Crippen LogP contribution in [-0.2, 0) is 13.0 Å². The van der Waals surface area contributed by atoms with Crippen molar-refractivity contribution in [3.05, 3.63) is 95.0 Å². The van der Waals surface area contributed by atoms with E-state index in [0.717, 1.165) is 35.8 Å². The van der Waals surface area contributed by atoms with Crippen LogP contribution in [0.5, 0.6) is 5.75 Å². The molecule has 0 aliphatic rings. The van der Waals surface area contributed by atoms with Crippen LogP contribution in [0.15, 0.2) is 78.9 Å². The molecule has 0 radical (unpaired) electrons. The van der Waals surface area contributed by atoms with E-state index in [4.69, 9.17) is 16.3 Å². The summed E-state index contributed by atoms with van der Waals surface area (Å²) in [4.78, 5) is 0. The van der Waals surface area contributed by atoms with E-state index in [9.17, 15) is 0 Å². The number of benzene rings is 3. The number of anilines is 1. The first-order valence-corrected chi connectivity index (χ1v) is 8.93. The van der Waals surface area contributed by atoms with Gasteiger partial charge in [-0.1, -0.05) is 66.2 Å². The fourth-order valence-electron chi connectivity index (χ4n) is 2.64. The van der Waals surface area contributed by atoms with Crippen LogP contribution < -0.4 is 10.1 Å². The van der Waals surface area contributed by atoms with Gasteiger partial charge in [-0.05, 0) is 48.2 Å². The highest BCUT2D eigenvalue weighted by atomic mass is 35.5. The molecule has 0 fully saturated rings. The van der Waals surface area contributed by atoms with Crippen LogP contribution in [0.2, 0.25) is 5.02 Å². The Morgan fingerprint density at radius 3 is 2.28 bits per heavy atom. The van der Waals surface area contributed by atoms with E-state index in [1.807, 2.05) is 54.6 Å². The second kappa shape index (κ2) is 9.14. The maximum Gasteiger partial charge on any atom is 0.142 e. The third-order valence-electron chi connectivity index (χ3n) is 3.99. The Hall–Kier alpha value is -2.45. The van der Waals surface area contributed by atoms with Gasteiger partial charge in [-0.2, -0.15) is 0 Å². The summed E-state index contributed by atoms with van der Waals surface area (Å²) < 4.78 is 5.98. The molecule has 0 spiro atoms. The Balaban J connectivity index is 1.51. The minimum atomic E-state index is 0.703. The molecule has 0 aliphatic carbocycles. The highest BCUT2D eigenvalue weighted by Crippen LogP contribution is 2.25. The molecule has 25 heavy (non-hydrogen) atoms. The average Bonchev–Trinajstić information content (AvgIpc) is 2.66. The highest BCUT2D eigenvalue weighted by Gasteiger charge is 2.03. The molecular formula is C22H22ClNO. The smallest absolute Gasteiger partial charge is 0.142 e. The van der Waals surface area contributed by atoms with Crippen LogP contribution in [0.25, 0.3) is 0 Å². The van der Waals surface area contributed by atoms with Gasteiger partial charge in [0.15, 0.2) is 0 Å². The van der Waals surface area contributed by atoms with Gasteiger partial charge in [0.25, 0.3) is 0 Å². The Bertz CT molecular complexity index is 772. The zero-order valence-corrected chi connectivity index (χ0v) is 14.9. The van der Waals surface area contributed by atoms with Gasteiger partial charge >= 0.3 is 0 Å². The first kappa shape index (κ1) is 17.4. The number of aryl methyl sites for hydroxylation is 1. The number of nitrogens with one attached hydrogen (secondary N) is 1. The largest absolute Gasteiger partial charge is 0.491 e. The van der Waals surface area contributed by atoms with E-state index in [1.54, 1.807) is 0 Å². The monoisotopic (exact) mass is 351 g/mol. The van der Waals surface area contributed by atoms with Crippen molar-refractivity contribution in [2.75, 3.05) is 11.9 Å². The summed E-state index contributed by atoms with van der Waals surface area (Å²) >= 11 is 5.93. The van der Waals surface area contributed by atoms with E-state index in [1.165, 1.54) is 11.1 Å². The third-order valence-corrected chi connectivity index (χ3v) is 4.25. The predicted molar refractivity (Wildman–Crippen MR) is 105 cm³/mol. The van der Waals surface area contributed by atoms with Gasteiger partial charge in [0.2, 0.25) is 0 Å². The van der Waals surface area contributed by atoms with Crippen molar-refractivity contribution >= 4 is 17.3 Å². The number of halogens is 1. The fraction of sp³-hybridized carbons (Fsp3) is 0.182. The molecule has 0 bridgehead atoms. The minimum absolute atomic E-state index is 0.703. The summed E-state index contributed by atoms with van der Waals surface area (Å²) in [6, 6.07) is 26.4. The quantitative estimate of drug-likeness (QED) is 0.505. The molecule has 0 unspecified atom stereocenters. The lowest BCUT2D eigenvalue weighted by molar-refractivity contribution is 0.312. The van der Waals surface area contributed by atoms with Crippen LogP contribution in [0.1, 0.15) is 17.5 Å². The maximum atomic E-state index is 5.98. The first-order valence-electron chi connectivity index (χ1n) is 8.55. The Kier molecular flexibility index (Phi) is 6.35. The molecule has 1 N–H and O–H groups in total. The van der Waals surface area contributed by atoms with Gasteiger partial charge in [-0.3, -0.25) is 0 Å². The molecule has 0 amide bonds. The minimum Gasteiger partial charge on any atom is -0.491 e. The fourth-order valence-corrected chi connectivity index (χ4v) is 2.77. The van der Waals surface area contributed by atoms with Gasteiger partial charge in [-0.25, -0.2) is 0 Å². The third kappa shape index (κ3) is 5.54. The molecule has 128 valence electrons. The summed E-state index contributed by atoms with van der Waals surface area (Å²) in [5.41, 5.74) is 3.54. The SMILES string of the molecule is Clc1ccc(CNc2ccccc2OCCCc2ccccc2)cc1. The van der Waals surface area contributed by atoms with E-state index in [0.29, 0.717) is 6.61 Å². The van der Waals surface area contributed by atoms with E-state index in [2.05, 4.69) is 29.6 Å². The van der Waals surface area contributed by atoms with Gasteiger partial charge in [0, 0.05) is 11.6 Å². The molecule has 0 saturated heterocycles. The van der Waals surface area contributed by atoms with Gasteiger partial charge < -0.3 is 10.1 Å². The summed E-state index contributed by atoms with van der Waals surface area (Å²) in [5, 5.41) is 4.19. The predicted octanol–water partition coefficient (Wildman–Crippen LogP) is 5.96. The van der Waals surface area contributed by atoms with Crippen molar-refractivity contribution in [2.24, 2.45) is 0 Å². The zero-order chi connectivity index (χ0) is 17.3. The number of hydrogen-bond acceptors (Lipinski definition) is 2. The average molecular weight is 352 g/mol. The number of ether oxygens (including phenoxy) is 1. The Labute approximate surface area is 154 Å². The highest BCUT2D eigenvalue weighted by molar-refractivity contribution is 6.30. The summed E-state index contributed by atoms with van der Waals surface area (Å²) in [6.45, 7) is 1.44. The Morgan fingerprint density at radius 1 is 0.760 bits per heavy atom. The van der Waals surface area contributed by atoms with Crippen molar-refractivity contribution < 1.29 is 4.74 Å². The molecule has 3 aromatic rings. The lowest BCUT2D eigenvalue weighted by Crippen LogP contribution is -2.04. The van der Waals surface area contributed by atoms with Crippen molar-refractivity contribution in [1.29, 1.82) is 0 Å². The van der Waals surface area contributed by atoms with Crippen LogP contribution >= 0.6 is 11.6 Å². The van der Waals surface area contributed by atoms with Crippen molar-refractivity contribution in [3.8, 4) is 5.75 Å². The second-order valence-electron chi connectivity index (χ2n) is 5.91. The van der Waals surface area contributed by atoms with E-state index < -0.39 is 0 Å². The van der Waals surface area contributed by atoms with E-state index >= 15 is 0 Å². The summed E-state index contributed by atoms with van der Waals surface area (Å²) in [6.07, 6.45) is 2.02. The van der Waals surface area contributed by atoms with Gasteiger partial charge in [0.05, 0.1) is 12.3 Å². The second-order valence-corrected chi connectivity index (χ2v) is 6.35. The van der Waals surface area contributed by atoms with E-state index in [-0.39, 0.29) is 0 Å². The normalized spacial score (nSPS) is 10.4. The molecule has 0 saturated carbocycles. The Morgan fingerprint density at radius 2 is 1.48 bits per heavy atom. The van der Waals surface area contributed by atoms with Crippen LogP contribution in [0.4, 0.5) is 5.69 Å². The lowest BCUT2D eigenvalue weighted by Gasteiger charge is -2.13. The molecule has 0 aliphatic heterocycles. The molecule has 3 heteroatoms. The first-order chi connectivity index (χ1) is 12.3. The molecule has 3 rings (SSSR count). The molecular weight excluding hydrogens is 330 g/mol. The molecule has 0 aromatic heterocycles.